The maximum Gasteiger partial charge on any atom is 0.531 e. The molecular formula is C21H23O8P. The molecule has 8 nitrogen and oxygen atoms in total. The Labute approximate surface area is 174 Å². The predicted octanol–water partition coefficient (Wildman–Crippen LogP) is 4.22. The summed E-state index contributed by atoms with van der Waals surface area (Å²) >= 11 is 0. The van der Waals surface area contributed by atoms with Gasteiger partial charge in [0.25, 0.3) is 0 Å². The van der Waals surface area contributed by atoms with Gasteiger partial charge in [-0.3, -0.25) is 9.05 Å². The number of methoxy groups -OCH3 is 1. The first-order valence-corrected chi connectivity index (χ1v) is 11.2. The van der Waals surface area contributed by atoms with Gasteiger partial charge in [0, 0.05) is 0 Å². The monoisotopic (exact) mass is 434 g/mol. The van der Waals surface area contributed by atoms with Crippen LogP contribution in [0.5, 0.6) is 11.5 Å². The Morgan fingerprint density at radius 3 is 2.30 bits per heavy atom. The molecule has 3 heterocycles. The van der Waals surface area contributed by atoms with Crippen LogP contribution in [0.15, 0.2) is 54.6 Å². The van der Waals surface area contributed by atoms with Crippen molar-refractivity contribution < 1.29 is 37.1 Å². The third-order valence-electron chi connectivity index (χ3n) is 5.22. The molecule has 0 N–H and O–H groups in total. The van der Waals surface area contributed by atoms with Gasteiger partial charge in [-0.05, 0) is 43.7 Å². The third kappa shape index (κ3) is 3.64. The highest BCUT2D eigenvalue weighted by Gasteiger charge is 2.63. The molecule has 3 saturated heterocycles. The lowest BCUT2D eigenvalue weighted by Gasteiger charge is -2.38. The highest BCUT2D eigenvalue weighted by molar-refractivity contribution is 7.49. The Kier molecular flexibility index (Phi) is 4.89. The summed E-state index contributed by atoms with van der Waals surface area (Å²) in [5, 5.41) is 0. The number of phosphoric ester groups is 1. The highest BCUT2D eigenvalue weighted by atomic mass is 31.2. The lowest BCUT2D eigenvalue weighted by molar-refractivity contribution is -0.231. The fourth-order valence-electron chi connectivity index (χ4n) is 3.94. The van der Waals surface area contributed by atoms with Gasteiger partial charge < -0.3 is 23.5 Å². The van der Waals surface area contributed by atoms with E-state index in [0.29, 0.717) is 11.5 Å². The standard InChI is InChI=1S/C21H23O8P/c1-21(2)25-19-18-17(24-20(19)26-21)16(13-9-11-14(23-3)12-10-13)28-30(22,29-18)27-15-7-5-4-6-8-15/h4-12,16-20H,1-3H3/t16-,17-,18+,19-,20-,30+/m1/s1. The molecule has 0 aliphatic carbocycles. The lowest BCUT2D eigenvalue weighted by atomic mass is 9.99. The number of phosphoric acid groups is 1. The van der Waals surface area contributed by atoms with E-state index in [-0.39, 0.29) is 0 Å². The molecular weight excluding hydrogens is 411 g/mol. The van der Waals surface area contributed by atoms with Crippen molar-refractivity contribution in [1.29, 1.82) is 0 Å². The quantitative estimate of drug-likeness (QED) is 0.662. The largest absolute Gasteiger partial charge is 0.531 e. The summed E-state index contributed by atoms with van der Waals surface area (Å²) in [4.78, 5) is 0. The van der Waals surface area contributed by atoms with Crippen molar-refractivity contribution in [3.8, 4) is 11.5 Å². The van der Waals surface area contributed by atoms with Gasteiger partial charge in [-0.1, -0.05) is 30.3 Å². The number of hydrogen-bond donors (Lipinski definition) is 0. The molecule has 0 unspecified atom stereocenters. The van der Waals surface area contributed by atoms with Crippen LogP contribution in [0, 0.1) is 0 Å². The molecule has 0 saturated carbocycles. The molecule has 0 radical (unpaired) electrons. The van der Waals surface area contributed by atoms with E-state index in [1.807, 2.05) is 18.2 Å². The van der Waals surface area contributed by atoms with E-state index in [1.165, 1.54) is 0 Å². The van der Waals surface area contributed by atoms with Crippen LogP contribution >= 0.6 is 7.82 Å². The van der Waals surface area contributed by atoms with Crippen molar-refractivity contribution in [2.24, 2.45) is 0 Å². The summed E-state index contributed by atoms with van der Waals surface area (Å²) < 4.78 is 54.1. The maximum absolute atomic E-state index is 13.6. The van der Waals surface area contributed by atoms with E-state index < -0.39 is 44.3 Å². The summed E-state index contributed by atoms with van der Waals surface area (Å²) in [6, 6.07) is 16.0. The molecule has 0 aromatic heterocycles. The van der Waals surface area contributed by atoms with Gasteiger partial charge in [0.2, 0.25) is 0 Å². The number of benzene rings is 2. The number of para-hydroxylation sites is 1. The average Bonchev–Trinajstić information content (AvgIpc) is 3.20. The first kappa shape index (κ1) is 20.0. The molecule has 0 spiro atoms. The van der Waals surface area contributed by atoms with Gasteiger partial charge in [0.05, 0.1) is 7.11 Å². The molecule has 2 aromatic rings. The minimum atomic E-state index is -3.98. The van der Waals surface area contributed by atoms with Gasteiger partial charge in [0.1, 0.15) is 35.9 Å². The normalized spacial score (nSPS) is 36.7. The van der Waals surface area contributed by atoms with Gasteiger partial charge in [0.15, 0.2) is 12.1 Å². The van der Waals surface area contributed by atoms with Crippen molar-refractivity contribution in [2.75, 3.05) is 7.11 Å². The molecule has 2 aromatic carbocycles. The zero-order chi connectivity index (χ0) is 20.9. The van der Waals surface area contributed by atoms with Crippen LogP contribution in [-0.2, 0) is 27.8 Å². The van der Waals surface area contributed by atoms with Crippen LogP contribution in [0.25, 0.3) is 0 Å². The summed E-state index contributed by atoms with van der Waals surface area (Å²) in [5.41, 5.74) is 0.755. The minimum absolute atomic E-state index is 0.382. The average molecular weight is 434 g/mol. The molecule has 0 bridgehead atoms. The summed E-state index contributed by atoms with van der Waals surface area (Å²) in [6.45, 7) is 3.59. The second kappa shape index (κ2) is 7.34. The van der Waals surface area contributed by atoms with E-state index in [1.54, 1.807) is 57.4 Å². The van der Waals surface area contributed by atoms with Crippen LogP contribution in [0.1, 0.15) is 25.5 Å². The van der Waals surface area contributed by atoms with Crippen LogP contribution < -0.4 is 9.26 Å². The molecule has 160 valence electrons. The van der Waals surface area contributed by atoms with Crippen molar-refractivity contribution in [1.82, 2.24) is 0 Å². The van der Waals surface area contributed by atoms with Crippen LogP contribution in [-0.4, -0.2) is 37.5 Å². The Morgan fingerprint density at radius 1 is 0.867 bits per heavy atom. The Hall–Kier alpha value is -1.93. The summed E-state index contributed by atoms with van der Waals surface area (Å²) in [6.07, 6.45) is -3.17. The van der Waals surface area contributed by atoms with E-state index in [9.17, 15) is 4.57 Å². The van der Waals surface area contributed by atoms with Gasteiger partial charge in [-0.2, -0.15) is 0 Å². The molecule has 9 heteroatoms. The van der Waals surface area contributed by atoms with Gasteiger partial charge >= 0.3 is 7.82 Å². The molecule has 3 aliphatic rings. The van der Waals surface area contributed by atoms with Crippen LogP contribution in [0.4, 0.5) is 0 Å². The maximum atomic E-state index is 13.6. The molecule has 3 aliphatic heterocycles. The molecule has 0 amide bonds. The van der Waals surface area contributed by atoms with E-state index in [2.05, 4.69) is 0 Å². The number of fused-ring (bicyclic) bond motifs is 3. The van der Waals surface area contributed by atoms with Crippen molar-refractivity contribution in [3.05, 3.63) is 60.2 Å². The van der Waals surface area contributed by atoms with Crippen LogP contribution in [0.3, 0.4) is 0 Å². The number of rotatable bonds is 4. The third-order valence-corrected chi connectivity index (χ3v) is 6.64. The smallest absolute Gasteiger partial charge is 0.497 e. The summed E-state index contributed by atoms with van der Waals surface area (Å²) in [7, 11) is -2.39. The minimum Gasteiger partial charge on any atom is -0.497 e. The topological polar surface area (TPSA) is 81.7 Å². The lowest BCUT2D eigenvalue weighted by Crippen LogP contribution is -2.43. The van der Waals surface area contributed by atoms with Gasteiger partial charge in [-0.15, -0.1) is 0 Å². The Balaban J connectivity index is 1.48. The first-order valence-electron chi connectivity index (χ1n) is 9.72. The second-order valence-corrected chi connectivity index (χ2v) is 9.29. The van der Waals surface area contributed by atoms with Crippen molar-refractivity contribution in [2.45, 2.75) is 50.3 Å². The second-order valence-electron chi connectivity index (χ2n) is 7.79. The molecule has 5 rings (SSSR count). The van der Waals surface area contributed by atoms with Gasteiger partial charge in [-0.25, -0.2) is 4.57 Å². The predicted molar refractivity (Wildman–Crippen MR) is 105 cm³/mol. The SMILES string of the molecule is COc1ccc([C@H]2O[P@](=O)(Oc3ccccc3)O[C@@H]3[C@H]4OC(C)(C)O[C@H]4O[C@@H]32)cc1. The van der Waals surface area contributed by atoms with Crippen molar-refractivity contribution in [3.63, 3.8) is 0 Å². The zero-order valence-corrected chi connectivity index (χ0v) is 17.7. The highest BCUT2D eigenvalue weighted by Crippen LogP contribution is 2.62. The Morgan fingerprint density at radius 2 is 1.60 bits per heavy atom. The Bertz CT molecular complexity index is 947. The van der Waals surface area contributed by atoms with Crippen LogP contribution in [0.2, 0.25) is 0 Å². The molecule has 6 atom stereocenters. The van der Waals surface area contributed by atoms with E-state index in [4.69, 9.17) is 32.5 Å². The fourth-order valence-corrected chi connectivity index (χ4v) is 5.51. The van der Waals surface area contributed by atoms with E-state index >= 15 is 0 Å². The van der Waals surface area contributed by atoms with Crippen molar-refractivity contribution >= 4 is 7.82 Å². The molecule has 30 heavy (non-hydrogen) atoms. The van der Waals surface area contributed by atoms with E-state index in [0.717, 1.165) is 5.56 Å². The number of ether oxygens (including phenoxy) is 4. The zero-order valence-electron chi connectivity index (χ0n) is 16.8. The fraction of sp³-hybridized carbons (Fsp3) is 0.429. The first-order chi connectivity index (χ1) is 14.4. The molecule has 3 fully saturated rings. The summed E-state index contributed by atoms with van der Waals surface area (Å²) in [5.74, 6) is 0.248. The number of hydrogen-bond acceptors (Lipinski definition) is 8.